The summed E-state index contributed by atoms with van der Waals surface area (Å²) in [6.07, 6.45) is 1.06. The molecule has 0 unspecified atom stereocenters. The highest BCUT2D eigenvalue weighted by Gasteiger charge is 2.12. The number of carbonyl (C=O) groups excluding carboxylic acids is 2. The van der Waals surface area contributed by atoms with Crippen LogP contribution in [-0.4, -0.2) is 28.0 Å². The number of rotatable bonds is 4. The van der Waals surface area contributed by atoms with Gasteiger partial charge in [-0.3, -0.25) is 19.9 Å². The van der Waals surface area contributed by atoms with Crippen molar-refractivity contribution >= 4 is 23.6 Å². The molecule has 0 radical (unpaired) electrons. The van der Waals surface area contributed by atoms with Crippen LogP contribution in [0.5, 0.6) is 0 Å². The molecule has 19 heavy (non-hydrogen) atoms. The maximum Gasteiger partial charge on any atom is 0.325 e. The first-order valence-corrected chi connectivity index (χ1v) is 5.65. The van der Waals surface area contributed by atoms with Crippen molar-refractivity contribution in [2.75, 3.05) is 5.32 Å². The third-order valence-corrected chi connectivity index (χ3v) is 2.41. The van der Waals surface area contributed by atoms with Crippen molar-refractivity contribution in [2.24, 2.45) is 0 Å². The Morgan fingerprint density at radius 3 is 2.53 bits per heavy atom. The fourth-order valence-corrected chi connectivity index (χ4v) is 1.44. The van der Waals surface area contributed by atoms with E-state index in [2.05, 4.69) is 15.6 Å². The number of urea groups is 1. The standard InChI is InChI=1S/C12H15N3O4/c1-7-5-6-13-8(2)11(7)15-12(19)14-9(16)3-4-10(17)18/h5-6H,3-4H2,1-2H3,(H,17,18)(H2,14,15,16,19). The molecule has 0 aliphatic heterocycles. The zero-order chi connectivity index (χ0) is 14.4. The number of amides is 3. The zero-order valence-corrected chi connectivity index (χ0v) is 10.7. The number of aryl methyl sites for hydroxylation is 2. The van der Waals surface area contributed by atoms with Gasteiger partial charge in [-0.1, -0.05) is 0 Å². The van der Waals surface area contributed by atoms with E-state index in [1.165, 1.54) is 0 Å². The highest BCUT2D eigenvalue weighted by Crippen LogP contribution is 2.16. The van der Waals surface area contributed by atoms with Gasteiger partial charge in [-0.05, 0) is 25.5 Å². The molecule has 0 fully saturated rings. The van der Waals surface area contributed by atoms with Gasteiger partial charge in [0.15, 0.2) is 0 Å². The lowest BCUT2D eigenvalue weighted by atomic mass is 10.2. The van der Waals surface area contributed by atoms with Crippen molar-refractivity contribution < 1.29 is 19.5 Å². The Labute approximate surface area is 110 Å². The number of carbonyl (C=O) groups is 3. The molecule has 102 valence electrons. The van der Waals surface area contributed by atoms with Crippen LogP contribution in [-0.2, 0) is 9.59 Å². The molecule has 0 aliphatic carbocycles. The topological polar surface area (TPSA) is 108 Å². The number of pyridine rings is 1. The van der Waals surface area contributed by atoms with Crippen LogP contribution in [0.3, 0.4) is 0 Å². The molecule has 0 spiro atoms. The number of hydrogen-bond acceptors (Lipinski definition) is 4. The molecule has 0 saturated heterocycles. The minimum Gasteiger partial charge on any atom is -0.481 e. The summed E-state index contributed by atoms with van der Waals surface area (Å²) in [6.45, 7) is 3.53. The highest BCUT2D eigenvalue weighted by molar-refractivity contribution is 6.02. The van der Waals surface area contributed by atoms with E-state index >= 15 is 0 Å². The number of nitrogens with one attached hydrogen (secondary N) is 2. The first-order valence-electron chi connectivity index (χ1n) is 5.65. The molecule has 0 atom stereocenters. The molecular weight excluding hydrogens is 250 g/mol. The normalized spacial score (nSPS) is 9.79. The summed E-state index contributed by atoms with van der Waals surface area (Å²) in [7, 11) is 0. The van der Waals surface area contributed by atoms with E-state index in [4.69, 9.17) is 5.11 Å². The van der Waals surface area contributed by atoms with Gasteiger partial charge in [0.1, 0.15) is 0 Å². The summed E-state index contributed by atoms with van der Waals surface area (Å²) in [5.41, 5.74) is 1.99. The quantitative estimate of drug-likeness (QED) is 0.758. The van der Waals surface area contributed by atoms with Crippen molar-refractivity contribution in [3.05, 3.63) is 23.5 Å². The van der Waals surface area contributed by atoms with Crippen LogP contribution in [0, 0.1) is 13.8 Å². The molecule has 7 heteroatoms. The Kier molecular flexibility index (Phi) is 4.99. The van der Waals surface area contributed by atoms with Crippen molar-refractivity contribution in [3.8, 4) is 0 Å². The van der Waals surface area contributed by atoms with Crippen molar-refractivity contribution in [1.29, 1.82) is 0 Å². The average Bonchev–Trinajstić information content (AvgIpc) is 2.31. The summed E-state index contributed by atoms with van der Waals surface area (Å²) >= 11 is 0. The van der Waals surface area contributed by atoms with Gasteiger partial charge in [0.25, 0.3) is 0 Å². The fourth-order valence-electron chi connectivity index (χ4n) is 1.44. The Bertz CT molecular complexity index is 493. The first kappa shape index (κ1) is 14.6. The molecule has 1 rings (SSSR count). The van der Waals surface area contributed by atoms with Gasteiger partial charge in [0, 0.05) is 12.6 Å². The van der Waals surface area contributed by atoms with Crippen LogP contribution in [0.1, 0.15) is 24.1 Å². The van der Waals surface area contributed by atoms with Gasteiger partial charge in [-0.2, -0.15) is 0 Å². The van der Waals surface area contributed by atoms with Crippen LogP contribution in [0.2, 0.25) is 0 Å². The second-order valence-electron chi connectivity index (χ2n) is 3.98. The van der Waals surface area contributed by atoms with Gasteiger partial charge in [0.05, 0.1) is 17.8 Å². The summed E-state index contributed by atoms with van der Waals surface area (Å²) in [6, 6.07) is 1.03. The van der Waals surface area contributed by atoms with Gasteiger partial charge in [-0.15, -0.1) is 0 Å². The van der Waals surface area contributed by atoms with Crippen LogP contribution < -0.4 is 10.6 Å². The average molecular weight is 265 g/mol. The lowest BCUT2D eigenvalue weighted by molar-refractivity contribution is -0.138. The smallest absolute Gasteiger partial charge is 0.325 e. The second kappa shape index (κ2) is 6.48. The zero-order valence-electron chi connectivity index (χ0n) is 10.7. The number of aliphatic carboxylic acids is 1. The van der Waals surface area contributed by atoms with E-state index in [0.29, 0.717) is 11.4 Å². The van der Waals surface area contributed by atoms with Gasteiger partial charge in [0.2, 0.25) is 5.91 Å². The second-order valence-corrected chi connectivity index (χ2v) is 3.98. The third kappa shape index (κ3) is 4.74. The van der Waals surface area contributed by atoms with E-state index in [1.807, 2.05) is 0 Å². The lowest BCUT2D eigenvalue weighted by Crippen LogP contribution is -2.34. The SMILES string of the molecule is Cc1ccnc(C)c1NC(=O)NC(=O)CCC(=O)O. The molecule has 0 aromatic carbocycles. The summed E-state index contributed by atoms with van der Waals surface area (Å²) in [4.78, 5) is 37.1. The number of carboxylic acids is 1. The van der Waals surface area contributed by atoms with Crippen LogP contribution >= 0.6 is 0 Å². The number of imide groups is 1. The lowest BCUT2D eigenvalue weighted by Gasteiger charge is -2.10. The predicted octanol–water partition coefficient (Wildman–Crippen LogP) is 1.21. The van der Waals surface area contributed by atoms with Gasteiger partial charge >= 0.3 is 12.0 Å². The van der Waals surface area contributed by atoms with Gasteiger partial charge in [-0.25, -0.2) is 4.79 Å². The first-order chi connectivity index (χ1) is 8.90. The Balaban J connectivity index is 2.56. The largest absolute Gasteiger partial charge is 0.481 e. The fraction of sp³-hybridized carbons (Fsp3) is 0.333. The van der Waals surface area contributed by atoms with E-state index < -0.39 is 17.9 Å². The molecule has 7 nitrogen and oxygen atoms in total. The van der Waals surface area contributed by atoms with Gasteiger partial charge < -0.3 is 10.4 Å². The monoisotopic (exact) mass is 265 g/mol. The molecule has 0 saturated carbocycles. The van der Waals surface area contributed by atoms with E-state index in [-0.39, 0.29) is 12.8 Å². The van der Waals surface area contributed by atoms with Crippen molar-refractivity contribution in [3.63, 3.8) is 0 Å². The van der Waals surface area contributed by atoms with E-state index in [9.17, 15) is 14.4 Å². The summed E-state index contributed by atoms with van der Waals surface area (Å²) in [5, 5.41) is 13.0. The number of carboxylic acid groups (broad SMARTS) is 1. The summed E-state index contributed by atoms with van der Waals surface area (Å²) in [5.74, 6) is -1.73. The maximum atomic E-state index is 11.6. The van der Waals surface area contributed by atoms with Crippen LogP contribution in [0.4, 0.5) is 10.5 Å². The molecule has 1 heterocycles. The number of anilines is 1. The van der Waals surface area contributed by atoms with Crippen molar-refractivity contribution in [2.45, 2.75) is 26.7 Å². The van der Waals surface area contributed by atoms with E-state index in [0.717, 1.165) is 5.56 Å². The maximum absolute atomic E-state index is 11.6. The Morgan fingerprint density at radius 1 is 1.26 bits per heavy atom. The van der Waals surface area contributed by atoms with Crippen LogP contribution in [0.15, 0.2) is 12.3 Å². The molecule has 3 amide bonds. The number of hydrogen-bond donors (Lipinski definition) is 3. The minimum atomic E-state index is -1.09. The molecule has 3 N–H and O–H groups in total. The predicted molar refractivity (Wildman–Crippen MR) is 67.7 cm³/mol. The molecule has 0 aliphatic rings. The molecule has 0 bridgehead atoms. The van der Waals surface area contributed by atoms with Crippen LogP contribution in [0.25, 0.3) is 0 Å². The molecular formula is C12H15N3O4. The molecule has 1 aromatic rings. The third-order valence-electron chi connectivity index (χ3n) is 2.41. The summed E-state index contributed by atoms with van der Waals surface area (Å²) < 4.78 is 0. The van der Waals surface area contributed by atoms with E-state index in [1.54, 1.807) is 26.1 Å². The van der Waals surface area contributed by atoms with Crippen molar-refractivity contribution in [1.82, 2.24) is 10.3 Å². The Hall–Kier alpha value is -2.44. The number of aromatic nitrogens is 1. The molecule has 1 aromatic heterocycles. The highest BCUT2D eigenvalue weighted by atomic mass is 16.4. The number of nitrogens with zero attached hydrogens (tertiary/aromatic N) is 1. The minimum absolute atomic E-state index is 0.242. The Morgan fingerprint density at radius 2 is 1.95 bits per heavy atom.